The third-order valence-corrected chi connectivity index (χ3v) is 6.13. The maximum Gasteiger partial charge on any atom is 0.288 e. The molecule has 7 heteroatoms. The molecule has 1 saturated carbocycles. The molecule has 0 radical (unpaired) electrons. The standard InChI is InChI=1S/C17H17N3O2S2/c23-17-20(18-16(22-17)13-2-1-8-21-13)10-19-7-5-14-12(6-9-24-14)15(19)11-3-4-11/h1-2,6,8-9,11,15H,3-5,7,10H2/t15-/m0/s1. The van der Waals surface area contributed by atoms with Crippen LogP contribution in [0.15, 0.2) is 38.7 Å². The van der Waals surface area contributed by atoms with Crippen LogP contribution in [0.2, 0.25) is 0 Å². The van der Waals surface area contributed by atoms with E-state index in [1.165, 1.54) is 18.4 Å². The minimum absolute atomic E-state index is 0.395. The summed E-state index contributed by atoms with van der Waals surface area (Å²) in [5.74, 6) is 1.82. The number of aromatic nitrogens is 2. The van der Waals surface area contributed by atoms with Crippen molar-refractivity contribution in [2.75, 3.05) is 6.54 Å². The Bertz CT molecular complexity index is 905. The maximum atomic E-state index is 5.61. The lowest BCUT2D eigenvalue weighted by atomic mass is 9.96. The Hall–Kier alpha value is -1.70. The van der Waals surface area contributed by atoms with Crippen molar-refractivity contribution >= 4 is 23.6 Å². The molecule has 0 unspecified atom stereocenters. The number of hydrogen-bond acceptors (Lipinski definition) is 6. The Morgan fingerprint density at radius 3 is 3.04 bits per heavy atom. The fourth-order valence-electron chi connectivity index (χ4n) is 3.59. The van der Waals surface area contributed by atoms with E-state index in [2.05, 4.69) is 21.4 Å². The van der Waals surface area contributed by atoms with Crippen molar-refractivity contribution in [2.24, 2.45) is 5.92 Å². The largest absolute Gasteiger partial charge is 0.459 e. The van der Waals surface area contributed by atoms with Crippen LogP contribution in [0, 0.1) is 10.8 Å². The van der Waals surface area contributed by atoms with Gasteiger partial charge in [0.15, 0.2) is 5.76 Å². The van der Waals surface area contributed by atoms with Crippen LogP contribution >= 0.6 is 23.6 Å². The first-order chi connectivity index (χ1) is 11.8. The molecule has 0 spiro atoms. The van der Waals surface area contributed by atoms with Crippen LogP contribution in [0.25, 0.3) is 11.7 Å². The highest BCUT2D eigenvalue weighted by atomic mass is 32.1. The molecule has 24 heavy (non-hydrogen) atoms. The summed E-state index contributed by atoms with van der Waals surface area (Å²) < 4.78 is 12.7. The third-order valence-electron chi connectivity index (χ3n) is 4.84. The van der Waals surface area contributed by atoms with Gasteiger partial charge in [0.25, 0.3) is 10.7 Å². The zero-order chi connectivity index (χ0) is 16.1. The topological polar surface area (TPSA) is 47.3 Å². The molecule has 4 heterocycles. The third kappa shape index (κ3) is 2.47. The SMILES string of the molecule is S=c1oc(-c2ccco2)nn1CN1CCc2sccc2[C@@H]1C1CC1. The van der Waals surface area contributed by atoms with Crippen molar-refractivity contribution < 1.29 is 8.83 Å². The smallest absolute Gasteiger partial charge is 0.288 e. The van der Waals surface area contributed by atoms with Crippen molar-refractivity contribution in [3.8, 4) is 11.7 Å². The van der Waals surface area contributed by atoms with Crippen LogP contribution in [-0.2, 0) is 13.1 Å². The molecule has 0 bridgehead atoms. The van der Waals surface area contributed by atoms with Gasteiger partial charge in [-0.2, -0.15) is 0 Å². The molecule has 124 valence electrons. The minimum Gasteiger partial charge on any atom is -0.459 e. The van der Waals surface area contributed by atoms with Crippen LogP contribution in [0.5, 0.6) is 0 Å². The average molecular weight is 359 g/mol. The summed E-state index contributed by atoms with van der Waals surface area (Å²) >= 11 is 7.25. The lowest BCUT2D eigenvalue weighted by Gasteiger charge is -2.35. The molecule has 1 fully saturated rings. The number of fused-ring (bicyclic) bond motifs is 1. The lowest BCUT2D eigenvalue weighted by molar-refractivity contribution is 0.116. The second kappa shape index (κ2) is 5.68. The van der Waals surface area contributed by atoms with Crippen molar-refractivity contribution in [3.05, 3.63) is 45.1 Å². The number of thiophene rings is 1. The maximum absolute atomic E-state index is 5.61. The van der Waals surface area contributed by atoms with Gasteiger partial charge in [-0.05, 0) is 66.5 Å². The van der Waals surface area contributed by atoms with Gasteiger partial charge in [-0.15, -0.1) is 16.4 Å². The Morgan fingerprint density at radius 1 is 1.33 bits per heavy atom. The molecule has 2 aliphatic rings. The lowest BCUT2D eigenvalue weighted by Crippen LogP contribution is -2.37. The first-order valence-corrected chi connectivity index (χ1v) is 9.50. The summed E-state index contributed by atoms with van der Waals surface area (Å²) in [5.41, 5.74) is 1.51. The van der Waals surface area contributed by atoms with Gasteiger partial charge in [-0.1, -0.05) is 0 Å². The summed E-state index contributed by atoms with van der Waals surface area (Å²) in [6.45, 7) is 1.71. The van der Waals surface area contributed by atoms with Crippen LogP contribution in [0.4, 0.5) is 0 Å². The summed E-state index contributed by atoms with van der Waals surface area (Å²) in [6.07, 6.45) is 5.35. The van der Waals surface area contributed by atoms with E-state index < -0.39 is 0 Å². The normalized spacial score (nSPS) is 21.1. The van der Waals surface area contributed by atoms with Gasteiger partial charge in [-0.3, -0.25) is 4.90 Å². The minimum atomic E-state index is 0.395. The second-order valence-corrected chi connectivity index (χ2v) is 7.79. The van der Waals surface area contributed by atoms with Gasteiger partial charge in [0.1, 0.15) is 0 Å². The zero-order valence-electron chi connectivity index (χ0n) is 13.1. The highest BCUT2D eigenvalue weighted by Crippen LogP contribution is 2.48. The Labute approximate surface area is 148 Å². The fraction of sp³-hybridized carbons (Fsp3) is 0.412. The number of rotatable bonds is 4. The van der Waals surface area contributed by atoms with Crippen LogP contribution in [-0.4, -0.2) is 21.2 Å². The number of nitrogens with zero attached hydrogens (tertiary/aromatic N) is 3. The Balaban J connectivity index is 1.44. The summed E-state index contributed by atoms with van der Waals surface area (Å²) in [7, 11) is 0. The summed E-state index contributed by atoms with van der Waals surface area (Å²) in [6, 6.07) is 6.44. The van der Waals surface area contributed by atoms with Gasteiger partial charge in [0.2, 0.25) is 0 Å². The highest BCUT2D eigenvalue weighted by Gasteiger charge is 2.40. The van der Waals surface area contributed by atoms with E-state index >= 15 is 0 Å². The van der Waals surface area contributed by atoms with E-state index in [4.69, 9.17) is 21.1 Å². The van der Waals surface area contributed by atoms with Crippen LogP contribution in [0.1, 0.15) is 29.3 Å². The average Bonchev–Trinajstić information content (AvgIpc) is 3.00. The molecular weight excluding hydrogens is 342 g/mol. The zero-order valence-corrected chi connectivity index (χ0v) is 14.7. The molecule has 1 atom stereocenters. The van der Waals surface area contributed by atoms with Gasteiger partial charge < -0.3 is 8.83 Å². The molecule has 0 saturated heterocycles. The van der Waals surface area contributed by atoms with Gasteiger partial charge in [0.05, 0.1) is 12.9 Å². The molecule has 0 N–H and O–H groups in total. The first-order valence-electron chi connectivity index (χ1n) is 8.22. The fourth-order valence-corrected chi connectivity index (χ4v) is 4.68. The summed E-state index contributed by atoms with van der Waals surface area (Å²) in [5, 5.41) is 6.74. The highest BCUT2D eigenvalue weighted by molar-refractivity contribution is 7.71. The Morgan fingerprint density at radius 2 is 2.25 bits per heavy atom. The molecule has 0 aromatic carbocycles. The summed E-state index contributed by atoms with van der Waals surface area (Å²) in [4.78, 5) is 4.44. The van der Waals surface area contributed by atoms with E-state index in [1.54, 1.807) is 15.8 Å². The van der Waals surface area contributed by atoms with E-state index in [1.807, 2.05) is 23.5 Å². The molecule has 3 aromatic rings. The van der Waals surface area contributed by atoms with Gasteiger partial charge in [-0.25, -0.2) is 4.68 Å². The molecule has 1 aliphatic carbocycles. The predicted octanol–water partition coefficient (Wildman–Crippen LogP) is 4.49. The van der Waals surface area contributed by atoms with E-state index in [-0.39, 0.29) is 0 Å². The number of furan rings is 1. The van der Waals surface area contributed by atoms with Crippen molar-refractivity contribution in [3.63, 3.8) is 0 Å². The van der Waals surface area contributed by atoms with E-state index in [9.17, 15) is 0 Å². The van der Waals surface area contributed by atoms with Crippen LogP contribution < -0.4 is 0 Å². The van der Waals surface area contributed by atoms with E-state index in [0.717, 1.165) is 18.9 Å². The predicted molar refractivity (Wildman–Crippen MR) is 93.2 cm³/mol. The van der Waals surface area contributed by atoms with Crippen molar-refractivity contribution in [1.29, 1.82) is 0 Å². The molecule has 1 aliphatic heterocycles. The molecule has 5 nitrogen and oxygen atoms in total. The first kappa shape index (κ1) is 14.6. The monoisotopic (exact) mass is 359 g/mol. The second-order valence-electron chi connectivity index (χ2n) is 6.44. The van der Waals surface area contributed by atoms with Gasteiger partial charge >= 0.3 is 0 Å². The molecule has 5 rings (SSSR count). The molecule has 3 aromatic heterocycles. The van der Waals surface area contributed by atoms with Crippen molar-refractivity contribution in [2.45, 2.75) is 32.0 Å². The Kier molecular flexibility index (Phi) is 3.46. The quantitative estimate of drug-likeness (QED) is 0.642. The molecular formula is C17H17N3O2S2. The van der Waals surface area contributed by atoms with Gasteiger partial charge in [0, 0.05) is 17.5 Å². The molecule has 0 amide bonds. The number of hydrogen-bond donors (Lipinski definition) is 0. The van der Waals surface area contributed by atoms with Crippen LogP contribution in [0.3, 0.4) is 0 Å². The van der Waals surface area contributed by atoms with E-state index in [0.29, 0.717) is 29.2 Å². The van der Waals surface area contributed by atoms with Crippen molar-refractivity contribution in [1.82, 2.24) is 14.7 Å².